The number of amides is 1. The molecule has 0 aromatic heterocycles. The zero-order valence-corrected chi connectivity index (χ0v) is 10.2. The van der Waals surface area contributed by atoms with Crippen molar-refractivity contribution in [2.24, 2.45) is 5.92 Å². The molecule has 0 atom stereocenters. The Labute approximate surface area is 102 Å². The van der Waals surface area contributed by atoms with Gasteiger partial charge < -0.3 is 10.2 Å². The van der Waals surface area contributed by atoms with E-state index in [-0.39, 0.29) is 24.2 Å². The van der Waals surface area contributed by atoms with Gasteiger partial charge in [-0.3, -0.25) is 4.79 Å². The number of carbonyl (C=O) groups excluding carboxylic acids is 1. The van der Waals surface area contributed by atoms with Gasteiger partial charge in [-0.2, -0.15) is 0 Å². The molecule has 1 fully saturated rings. The molecule has 1 heterocycles. The third kappa shape index (κ3) is 2.97. The Morgan fingerprint density at radius 1 is 1.38 bits per heavy atom. The van der Waals surface area contributed by atoms with Gasteiger partial charge in [0, 0.05) is 26.7 Å². The molecule has 0 bridgehead atoms. The molecule has 0 radical (unpaired) electrons. The second-order valence-electron chi connectivity index (χ2n) is 4.04. The number of benzene rings is 1. The molecule has 1 aromatic carbocycles. The van der Waals surface area contributed by atoms with Crippen LogP contribution in [0.25, 0.3) is 0 Å². The third-order valence-electron chi connectivity index (χ3n) is 2.77. The monoisotopic (exact) mass is 240 g/mol. The van der Waals surface area contributed by atoms with E-state index >= 15 is 0 Å². The van der Waals surface area contributed by atoms with Crippen LogP contribution in [0.4, 0.5) is 0 Å². The zero-order valence-electron chi connectivity index (χ0n) is 9.35. The first-order chi connectivity index (χ1) is 7.27. The number of hydrogen-bond acceptors (Lipinski definition) is 2. The van der Waals surface area contributed by atoms with Gasteiger partial charge >= 0.3 is 0 Å². The minimum absolute atomic E-state index is 0. The van der Waals surface area contributed by atoms with Gasteiger partial charge in [0.25, 0.3) is 0 Å². The molecule has 1 aliphatic heterocycles. The molecule has 2 rings (SSSR count). The molecule has 1 saturated heterocycles. The fourth-order valence-electron chi connectivity index (χ4n) is 1.71. The van der Waals surface area contributed by atoms with Crippen LogP contribution in [0.15, 0.2) is 30.3 Å². The number of rotatable bonds is 3. The normalized spacial score (nSPS) is 14.8. The quantitative estimate of drug-likeness (QED) is 0.864. The number of halogens is 1. The van der Waals surface area contributed by atoms with E-state index in [9.17, 15) is 4.79 Å². The van der Waals surface area contributed by atoms with E-state index in [0.717, 1.165) is 13.1 Å². The third-order valence-corrected chi connectivity index (χ3v) is 2.77. The SMILES string of the molecule is CN(Cc1ccccc1)C(=O)C1CNC1.Cl. The van der Waals surface area contributed by atoms with Crippen LogP contribution < -0.4 is 5.32 Å². The summed E-state index contributed by atoms with van der Waals surface area (Å²) in [6, 6.07) is 10.1. The average Bonchev–Trinajstić information content (AvgIpc) is 2.16. The minimum Gasteiger partial charge on any atom is -0.341 e. The first kappa shape index (κ1) is 13.0. The lowest BCUT2D eigenvalue weighted by Gasteiger charge is -2.30. The van der Waals surface area contributed by atoms with Gasteiger partial charge in [-0.1, -0.05) is 30.3 Å². The Morgan fingerprint density at radius 3 is 2.50 bits per heavy atom. The summed E-state index contributed by atoms with van der Waals surface area (Å²) in [6.07, 6.45) is 0. The summed E-state index contributed by atoms with van der Waals surface area (Å²) in [5.74, 6) is 0.441. The van der Waals surface area contributed by atoms with Crippen LogP contribution in [0.5, 0.6) is 0 Å². The second kappa shape index (κ2) is 5.87. The standard InChI is InChI=1S/C12H16N2O.ClH/c1-14(12(15)11-7-13-8-11)9-10-5-3-2-4-6-10;/h2-6,11,13H,7-9H2,1H3;1H. The lowest BCUT2D eigenvalue weighted by Crippen LogP contribution is -2.50. The molecular weight excluding hydrogens is 224 g/mol. The summed E-state index contributed by atoms with van der Waals surface area (Å²) < 4.78 is 0. The summed E-state index contributed by atoms with van der Waals surface area (Å²) in [5, 5.41) is 3.11. The predicted octanol–water partition coefficient (Wildman–Crippen LogP) is 1.29. The first-order valence-electron chi connectivity index (χ1n) is 5.27. The van der Waals surface area contributed by atoms with Crippen molar-refractivity contribution in [2.75, 3.05) is 20.1 Å². The molecule has 3 nitrogen and oxygen atoms in total. The number of hydrogen-bond donors (Lipinski definition) is 1. The molecule has 1 amide bonds. The zero-order chi connectivity index (χ0) is 10.7. The fourth-order valence-corrected chi connectivity index (χ4v) is 1.71. The number of nitrogens with one attached hydrogen (secondary N) is 1. The van der Waals surface area contributed by atoms with E-state index in [4.69, 9.17) is 0 Å². The Balaban J connectivity index is 0.00000128. The molecule has 0 saturated carbocycles. The first-order valence-corrected chi connectivity index (χ1v) is 5.27. The van der Waals surface area contributed by atoms with Crippen LogP contribution in [-0.2, 0) is 11.3 Å². The van der Waals surface area contributed by atoms with Crippen molar-refractivity contribution in [3.8, 4) is 0 Å². The van der Waals surface area contributed by atoms with E-state index in [2.05, 4.69) is 5.32 Å². The molecule has 1 aromatic rings. The maximum atomic E-state index is 11.8. The van der Waals surface area contributed by atoms with Crippen molar-refractivity contribution in [3.63, 3.8) is 0 Å². The predicted molar refractivity (Wildman–Crippen MR) is 66.5 cm³/mol. The largest absolute Gasteiger partial charge is 0.341 e. The molecule has 88 valence electrons. The highest BCUT2D eigenvalue weighted by atomic mass is 35.5. The molecule has 0 spiro atoms. The second-order valence-corrected chi connectivity index (χ2v) is 4.04. The van der Waals surface area contributed by atoms with Gasteiger partial charge in [0.1, 0.15) is 0 Å². The van der Waals surface area contributed by atoms with Crippen LogP contribution in [0, 0.1) is 5.92 Å². The fraction of sp³-hybridized carbons (Fsp3) is 0.417. The maximum absolute atomic E-state index is 11.8. The number of carbonyl (C=O) groups is 1. The van der Waals surface area contributed by atoms with E-state index in [1.54, 1.807) is 4.90 Å². The van der Waals surface area contributed by atoms with Crippen LogP contribution in [0.1, 0.15) is 5.56 Å². The van der Waals surface area contributed by atoms with Gasteiger partial charge in [0.15, 0.2) is 0 Å². The Morgan fingerprint density at radius 2 is 2.00 bits per heavy atom. The van der Waals surface area contributed by atoms with Crippen molar-refractivity contribution < 1.29 is 4.79 Å². The van der Waals surface area contributed by atoms with Crippen molar-refractivity contribution in [2.45, 2.75) is 6.54 Å². The molecule has 0 aliphatic carbocycles. The van der Waals surface area contributed by atoms with E-state index in [0.29, 0.717) is 6.54 Å². The Kier molecular flexibility index (Phi) is 4.77. The molecule has 0 unspecified atom stereocenters. The van der Waals surface area contributed by atoms with Gasteiger partial charge in [-0.05, 0) is 5.56 Å². The Hall–Kier alpha value is -1.06. The van der Waals surface area contributed by atoms with Crippen LogP contribution >= 0.6 is 12.4 Å². The summed E-state index contributed by atoms with van der Waals surface area (Å²) in [7, 11) is 1.87. The lowest BCUT2D eigenvalue weighted by atomic mass is 10.0. The maximum Gasteiger partial charge on any atom is 0.228 e. The molecule has 4 heteroatoms. The lowest BCUT2D eigenvalue weighted by molar-refractivity contribution is -0.136. The van der Waals surface area contributed by atoms with Crippen molar-refractivity contribution in [1.82, 2.24) is 10.2 Å². The molecule has 1 aliphatic rings. The van der Waals surface area contributed by atoms with Gasteiger partial charge in [-0.25, -0.2) is 0 Å². The highest BCUT2D eigenvalue weighted by Crippen LogP contribution is 2.10. The van der Waals surface area contributed by atoms with Crippen LogP contribution in [0.3, 0.4) is 0 Å². The molecule has 16 heavy (non-hydrogen) atoms. The average molecular weight is 241 g/mol. The number of nitrogens with zero attached hydrogens (tertiary/aromatic N) is 1. The van der Waals surface area contributed by atoms with Gasteiger partial charge in [-0.15, -0.1) is 12.4 Å². The molecular formula is C12H17ClN2O. The highest BCUT2D eigenvalue weighted by Gasteiger charge is 2.27. The summed E-state index contributed by atoms with van der Waals surface area (Å²) in [6.45, 7) is 2.37. The van der Waals surface area contributed by atoms with Gasteiger partial charge in [0.2, 0.25) is 5.91 Å². The van der Waals surface area contributed by atoms with Crippen molar-refractivity contribution in [3.05, 3.63) is 35.9 Å². The summed E-state index contributed by atoms with van der Waals surface area (Å²) in [5.41, 5.74) is 1.18. The summed E-state index contributed by atoms with van der Waals surface area (Å²) >= 11 is 0. The molecule has 1 N–H and O–H groups in total. The Bertz CT molecular complexity index is 338. The van der Waals surface area contributed by atoms with E-state index in [1.165, 1.54) is 5.56 Å². The highest BCUT2D eigenvalue weighted by molar-refractivity contribution is 5.85. The van der Waals surface area contributed by atoms with Crippen LogP contribution in [-0.4, -0.2) is 30.9 Å². The van der Waals surface area contributed by atoms with E-state index < -0.39 is 0 Å². The van der Waals surface area contributed by atoms with E-state index in [1.807, 2.05) is 37.4 Å². The van der Waals surface area contributed by atoms with Crippen molar-refractivity contribution >= 4 is 18.3 Å². The topological polar surface area (TPSA) is 32.3 Å². The van der Waals surface area contributed by atoms with Gasteiger partial charge in [0.05, 0.1) is 5.92 Å². The van der Waals surface area contributed by atoms with Crippen LogP contribution in [0.2, 0.25) is 0 Å². The smallest absolute Gasteiger partial charge is 0.228 e. The summed E-state index contributed by atoms with van der Waals surface area (Å²) in [4.78, 5) is 13.6. The minimum atomic E-state index is 0. The van der Waals surface area contributed by atoms with Crippen molar-refractivity contribution in [1.29, 1.82) is 0 Å².